The molecule has 0 amide bonds. The second kappa shape index (κ2) is 6.76. The van der Waals surface area contributed by atoms with Gasteiger partial charge in [0.25, 0.3) is 0 Å². The maximum atomic E-state index is 5.90. The van der Waals surface area contributed by atoms with Crippen molar-refractivity contribution in [2.24, 2.45) is 7.05 Å². The lowest BCUT2D eigenvalue weighted by Gasteiger charge is -2.09. The summed E-state index contributed by atoms with van der Waals surface area (Å²) in [6, 6.07) is 23.0. The number of nitrogen functional groups attached to an aromatic ring is 1. The normalized spacial score (nSPS) is 11.5. The molecule has 2 aromatic heterocycles. The number of anilines is 1. The molecule has 0 spiro atoms. The lowest BCUT2D eigenvalue weighted by molar-refractivity contribution is -0.646. The van der Waals surface area contributed by atoms with E-state index < -0.39 is 0 Å². The molecule has 0 aliphatic carbocycles. The number of aromatic nitrogens is 2. The van der Waals surface area contributed by atoms with Crippen LogP contribution < -0.4 is 10.3 Å². The molecule has 2 aromatic carbocycles. The Balaban J connectivity index is 1.73. The predicted molar refractivity (Wildman–Crippen MR) is 114 cm³/mol. The van der Waals surface area contributed by atoms with Crippen molar-refractivity contribution in [2.45, 2.75) is 13.8 Å². The second-order valence-electron chi connectivity index (χ2n) is 6.97. The Kier molecular flexibility index (Phi) is 4.28. The van der Waals surface area contributed by atoms with Gasteiger partial charge in [0.2, 0.25) is 11.2 Å². The highest BCUT2D eigenvalue weighted by molar-refractivity contribution is 5.80. The van der Waals surface area contributed by atoms with Crippen molar-refractivity contribution >= 4 is 28.7 Å². The highest BCUT2D eigenvalue weighted by atomic mass is 15.0. The van der Waals surface area contributed by atoms with Gasteiger partial charge in [-0.25, -0.2) is 0 Å². The summed E-state index contributed by atoms with van der Waals surface area (Å²) >= 11 is 0. The van der Waals surface area contributed by atoms with E-state index in [1.165, 1.54) is 28.2 Å². The van der Waals surface area contributed by atoms with Gasteiger partial charge in [0, 0.05) is 46.4 Å². The zero-order valence-electron chi connectivity index (χ0n) is 16.0. The fourth-order valence-electron chi connectivity index (χ4n) is 3.71. The van der Waals surface area contributed by atoms with Gasteiger partial charge in [-0.2, -0.15) is 4.57 Å². The predicted octanol–water partition coefficient (Wildman–Crippen LogP) is 4.82. The van der Waals surface area contributed by atoms with Gasteiger partial charge in [-0.05, 0) is 61.9 Å². The summed E-state index contributed by atoms with van der Waals surface area (Å²) in [5.41, 5.74) is 13.9. The molecule has 27 heavy (non-hydrogen) atoms. The minimum atomic E-state index is 0.791. The molecule has 3 nitrogen and oxygen atoms in total. The standard InChI is InChI=1S/C24H24N3/c1-17-15-19(18(2)27(17)23-7-5-4-6-8-23)9-12-22-13-10-20-16-21(25)11-14-24(20)26(22)3/h4-16H,25H2,1-3H3/q+1. The number of hydrogen-bond donors (Lipinski definition) is 1. The van der Waals surface area contributed by atoms with Crippen LogP contribution in [-0.4, -0.2) is 4.57 Å². The molecule has 4 rings (SSSR count). The summed E-state index contributed by atoms with van der Waals surface area (Å²) in [5, 5.41) is 1.15. The smallest absolute Gasteiger partial charge is 0.212 e. The van der Waals surface area contributed by atoms with Crippen LogP contribution in [0.15, 0.2) is 66.7 Å². The maximum absolute atomic E-state index is 5.90. The Morgan fingerprint density at radius 3 is 2.44 bits per heavy atom. The van der Waals surface area contributed by atoms with Crippen molar-refractivity contribution in [3.8, 4) is 5.69 Å². The summed E-state index contributed by atoms with van der Waals surface area (Å²) in [4.78, 5) is 0. The third kappa shape index (κ3) is 3.13. The molecule has 2 N–H and O–H groups in total. The van der Waals surface area contributed by atoms with Crippen molar-refractivity contribution < 1.29 is 4.57 Å². The summed E-state index contributed by atoms with van der Waals surface area (Å²) < 4.78 is 4.49. The van der Waals surface area contributed by atoms with Crippen LogP contribution in [0.2, 0.25) is 0 Å². The zero-order valence-corrected chi connectivity index (χ0v) is 16.0. The molecule has 0 saturated carbocycles. The molecule has 0 fully saturated rings. The van der Waals surface area contributed by atoms with Gasteiger partial charge < -0.3 is 10.3 Å². The molecule has 2 heterocycles. The van der Waals surface area contributed by atoms with Crippen LogP contribution in [0, 0.1) is 13.8 Å². The molecule has 0 saturated heterocycles. The summed E-state index contributed by atoms with van der Waals surface area (Å²) in [7, 11) is 2.09. The van der Waals surface area contributed by atoms with E-state index >= 15 is 0 Å². The largest absolute Gasteiger partial charge is 0.399 e. The fourth-order valence-corrected chi connectivity index (χ4v) is 3.71. The van der Waals surface area contributed by atoms with Crippen LogP contribution in [0.25, 0.3) is 28.7 Å². The number of aryl methyl sites for hydroxylation is 2. The average Bonchev–Trinajstić information content (AvgIpc) is 2.95. The van der Waals surface area contributed by atoms with Crippen LogP contribution in [0.5, 0.6) is 0 Å². The minimum absolute atomic E-state index is 0.791. The highest BCUT2D eigenvalue weighted by Crippen LogP contribution is 2.22. The van der Waals surface area contributed by atoms with Gasteiger partial charge >= 0.3 is 0 Å². The Morgan fingerprint density at radius 2 is 1.67 bits per heavy atom. The first-order valence-corrected chi connectivity index (χ1v) is 9.15. The number of hydrogen-bond acceptors (Lipinski definition) is 1. The molecule has 3 heteroatoms. The van der Waals surface area contributed by atoms with Crippen LogP contribution >= 0.6 is 0 Å². The van der Waals surface area contributed by atoms with E-state index in [-0.39, 0.29) is 0 Å². The number of para-hydroxylation sites is 1. The molecule has 0 atom stereocenters. The van der Waals surface area contributed by atoms with Crippen LogP contribution in [0.3, 0.4) is 0 Å². The van der Waals surface area contributed by atoms with Gasteiger partial charge in [-0.3, -0.25) is 0 Å². The van der Waals surface area contributed by atoms with E-state index in [0.717, 1.165) is 16.8 Å². The molecule has 0 aliphatic rings. The van der Waals surface area contributed by atoms with E-state index in [9.17, 15) is 0 Å². The first-order chi connectivity index (χ1) is 13.0. The number of rotatable bonds is 3. The van der Waals surface area contributed by atoms with Gasteiger partial charge in [-0.15, -0.1) is 0 Å². The first kappa shape index (κ1) is 17.1. The van der Waals surface area contributed by atoms with Crippen molar-refractivity contribution in [3.63, 3.8) is 0 Å². The quantitative estimate of drug-likeness (QED) is 0.415. The van der Waals surface area contributed by atoms with Crippen molar-refractivity contribution in [1.29, 1.82) is 0 Å². The average molecular weight is 354 g/mol. The van der Waals surface area contributed by atoms with Gasteiger partial charge in [0.1, 0.15) is 7.05 Å². The second-order valence-corrected chi connectivity index (χ2v) is 6.97. The molecule has 0 radical (unpaired) electrons. The van der Waals surface area contributed by atoms with Gasteiger partial charge in [-0.1, -0.05) is 18.2 Å². The topological polar surface area (TPSA) is 34.8 Å². The highest BCUT2D eigenvalue weighted by Gasteiger charge is 2.11. The Bertz CT molecular complexity index is 1150. The molecule has 0 aliphatic heterocycles. The molecular weight excluding hydrogens is 330 g/mol. The molecule has 0 bridgehead atoms. The monoisotopic (exact) mass is 354 g/mol. The summed E-state index contributed by atoms with van der Waals surface area (Å²) in [5.74, 6) is 0. The zero-order chi connectivity index (χ0) is 19.0. The third-order valence-corrected chi connectivity index (χ3v) is 5.15. The number of fused-ring (bicyclic) bond motifs is 1. The molecular formula is C24H24N3+. The van der Waals surface area contributed by atoms with Gasteiger partial charge in [0.15, 0.2) is 0 Å². The minimum Gasteiger partial charge on any atom is -0.399 e. The van der Waals surface area contributed by atoms with Crippen molar-refractivity contribution in [2.75, 3.05) is 5.73 Å². The molecule has 134 valence electrons. The van der Waals surface area contributed by atoms with Crippen molar-refractivity contribution in [1.82, 2.24) is 4.57 Å². The van der Waals surface area contributed by atoms with E-state index in [0.29, 0.717) is 0 Å². The number of nitrogens with two attached hydrogens (primary N) is 1. The van der Waals surface area contributed by atoms with Gasteiger partial charge in [0.05, 0.1) is 0 Å². The third-order valence-electron chi connectivity index (χ3n) is 5.15. The first-order valence-electron chi connectivity index (χ1n) is 9.15. The maximum Gasteiger partial charge on any atom is 0.212 e. The Morgan fingerprint density at radius 1 is 0.889 bits per heavy atom. The number of nitrogens with zero attached hydrogens (tertiary/aromatic N) is 2. The van der Waals surface area contributed by atoms with Crippen LogP contribution in [0.4, 0.5) is 5.69 Å². The Labute approximate surface area is 160 Å². The number of benzene rings is 2. The molecule has 0 unspecified atom stereocenters. The van der Waals surface area contributed by atoms with Crippen LogP contribution in [0.1, 0.15) is 22.6 Å². The lowest BCUT2D eigenvalue weighted by atomic mass is 10.1. The van der Waals surface area contributed by atoms with E-state index in [1.54, 1.807) is 0 Å². The summed E-state index contributed by atoms with van der Waals surface area (Å²) in [6.07, 6.45) is 4.37. The number of pyridine rings is 1. The summed E-state index contributed by atoms with van der Waals surface area (Å²) in [6.45, 7) is 4.32. The SMILES string of the molecule is Cc1cc(/C=C/c2ccc3cc(N)ccc3[n+]2C)c(C)n1-c1ccccc1. The van der Waals surface area contributed by atoms with E-state index in [4.69, 9.17) is 5.73 Å². The van der Waals surface area contributed by atoms with E-state index in [2.05, 4.69) is 90.7 Å². The van der Waals surface area contributed by atoms with E-state index in [1.807, 2.05) is 18.2 Å². The lowest BCUT2D eigenvalue weighted by Crippen LogP contribution is -2.32. The molecule has 4 aromatic rings. The van der Waals surface area contributed by atoms with Crippen LogP contribution in [-0.2, 0) is 7.05 Å². The Hall–Kier alpha value is -3.33. The fraction of sp³-hybridized carbons (Fsp3) is 0.125. The van der Waals surface area contributed by atoms with Crippen molar-refractivity contribution in [3.05, 3.63) is 89.4 Å².